The van der Waals surface area contributed by atoms with Crippen LogP contribution < -0.4 is 5.32 Å². The third kappa shape index (κ3) is 3.16. The number of hydrogen-bond acceptors (Lipinski definition) is 2. The molecule has 4 nitrogen and oxygen atoms in total. The van der Waals surface area contributed by atoms with Gasteiger partial charge < -0.3 is 10.4 Å². The van der Waals surface area contributed by atoms with E-state index < -0.39 is 11.4 Å². The fourth-order valence-corrected chi connectivity index (χ4v) is 3.36. The Kier molecular flexibility index (Phi) is 5.24. The maximum absolute atomic E-state index is 12.6. The predicted molar refractivity (Wildman–Crippen MR) is 90.2 cm³/mol. The third-order valence-electron chi connectivity index (χ3n) is 5.22. The third-order valence-corrected chi connectivity index (χ3v) is 5.22. The monoisotopic (exact) mass is 315 g/mol. The zero-order chi connectivity index (χ0) is 16.9. The Bertz CT molecular complexity index is 578. The van der Waals surface area contributed by atoms with Crippen molar-refractivity contribution in [2.24, 2.45) is 5.41 Å². The average Bonchev–Trinajstić information content (AvgIpc) is 2.52. The van der Waals surface area contributed by atoms with E-state index in [1.807, 2.05) is 37.3 Å². The number of rotatable bonds is 8. The van der Waals surface area contributed by atoms with E-state index in [2.05, 4.69) is 11.9 Å². The quantitative estimate of drug-likeness (QED) is 0.724. The summed E-state index contributed by atoms with van der Waals surface area (Å²) < 4.78 is 0. The fraction of sp³-hybridized carbons (Fsp3) is 0.474. The van der Waals surface area contributed by atoms with Crippen LogP contribution in [-0.2, 0) is 15.0 Å². The van der Waals surface area contributed by atoms with Gasteiger partial charge in [-0.1, -0.05) is 49.8 Å². The Morgan fingerprint density at radius 2 is 2.00 bits per heavy atom. The molecule has 0 aliphatic heterocycles. The Labute approximate surface area is 137 Å². The molecular weight excluding hydrogens is 290 g/mol. The summed E-state index contributed by atoms with van der Waals surface area (Å²) in [6.07, 6.45) is 5.58. The molecule has 1 atom stereocenters. The minimum atomic E-state index is -1.09. The minimum Gasteiger partial charge on any atom is -0.481 e. The van der Waals surface area contributed by atoms with E-state index in [0.717, 1.165) is 24.8 Å². The highest BCUT2D eigenvalue weighted by atomic mass is 16.4. The highest BCUT2D eigenvalue weighted by Gasteiger charge is 2.45. The van der Waals surface area contributed by atoms with Crippen LogP contribution in [0.4, 0.5) is 0 Å². The number of carboxylic acids is 1. The van der Waals surface area contributed by atoms with E-state index in [-0.39, 0.29) is 17.9 Å². The SMILES string of the molecule is C=CCC1(C(=O)NCC(CC)(C(=O)O)c2ccccc2)CCC1. The molecule has 4 heteroatoms. The first kappa shape index (κ1) is 17.3. The van der Waals surface area contributed by atoms with Gasteiger partial charge in [-0.15, -0.1) is 6.58 Å². The fourth-order valence-electron chi connectivity index (χ4n) is 3.36. The van der Waals surface area contributed by atoms with Gasteiger partial charge in [0, 0.05) is 6.54 Å². The number of allylic oxidation sites excluding steroid dienone is 1. The van der Waals surface area contributed by atoms with E-state index in [0.29, 0.717) is 12.8 Å². The Hall–Kier alpha value is -2.10. The van der Waals surface area contributed by atoms with Gasteiger partial charge in [0.05, 0.1) is 5.41 Å². The summed E-state index contributed by atoms with van der Waals surface area (Å²) in [6.45, 7) is 5.69. The number of carbonyl (C=O) groups is 2. The summed E-state index contributed by atoms with van der Waals surface area (Å²) in [5.74, 6) is -0.948. The Morgan fingerprint density at radius 3 is 2.43 bits per heavy atom. The molecule has 0 aromatic heterocycles. The van der Waals surface area contributed by atoms with Crippen LogP contribution in [0.3, 0.4) is 0 Å². The van der Waals surface area contributed by atoms with Gasteiger partial charge in [0.1, 0.15) is 5.41 Å². The van der Waals surface area contributed by atoms with Gasteiger partial charge in [-0.05, 0) is 31.2 Å². The van der Waals surface area contributed by atoms with E-state index in [1.165, 1.54) is 0 Å². The first-order chi connectivity index (χ1) is 11.0. The number of aliphatic carboxylic acids is 1. The smallest absolute Gasteiger partial charge is 0.315 e. The summed E-state index contributed by atoms with van der Waals surface area (Å²) >= 11 is 0. The molecule has 0 saturated heterocycles. The number of amides is 1. The lowest BCUT2D eigenvalue weighted by molar-refractivity contribution is -0.144. The number of carboxylic acid groups (broad SMARTS) is 1. The zero-order valence-corrected chi connectivity index (χ0v) is 13.7. The van der Waals surface area contributed by atoms with Crippen LogP contribution >= 0.6 is 0 Å². The highest BCUT2D eigenvalue weighted by Crippen LogP contribution is 2.44. The lowest BCUT2D eigenvalue weighted by Crippen LogP contribution is -2.52. The van der Waals surface area contributed by atoms with E-state index in [1.54, 1.807) is 6.08 Å². The molecule has 1 aromatic rings. The normalized spacial score (nSPS) is 18.3. The molecule has 1 unspecified atom stereocenters. The summed E-state index contributed by atoms with van der Waals surface area (Å²) in [5.41, 5.74) is -0.742. The Balaban J connectivity index is 2.18. The molecule has 1 aromatic carbocycles. The van der Waals surface area contributed by atoms with E-state index in [9.17, 15) is 14.7 Å². The first-order valence-electron chi connectivity index (χ1n) is 8.19. The summed E-state index contributed by atoms with van der Waals surface area (Å²) in [7, 11) is 0. The van der Waals surface area contributed by atoms with Crippen LogP contribution in [0.15, 0.2) is 43.0 Å². The lowest BCUT2D eigenvalue weighted by atomic mass is 9.65. The standard InChI is InChI=1S/C19H25NO3/c1-3-11-18(12-8-13-18)16(21)20-14-19(4-2,17(22)23)15-9-6-5-7-10-15/h3,5-7,9-10H,1,4,8,11-14H2,2H3,(H,20,21)(H,22,23). The second-order valence-electron chi connectivity index (χ2n) is 6.42. The molecule has 1 fully saturated rings. The molecule has 0 spiro atoms. The molecule has 1 saturated carbocycles. The summed E-state index contributed by atoms with van der Waals surface area (Å²) in [6, 6.07) is 9.14. The second-order valence-corrected chi connectivity index (χ2v) is 6.42. The van der Waals surface area contributed by atoms with Crippen molar-refractivity contribution in [1.29, 1.82) is 0 Å². The number of benzene rings is 1. The van der Waals surface area contributed by atoms with Crippen molar-refractivity contribution in [1.82, 2.24) is 5.32 Å². The van der Waals surface area contributed by atoms with Crippen molar-refractivity contribution in [2.45, 2.75) is 44.4 Å². The highest BCUT2D eigenvalue weighted by molar-refractivity contribution is 5.86. The molecular formula is C19H25NO3. The summed E-state index contributed by atoms with van der Waals surface area (Å²) in [5, 5.41) is 12.7. The van der Waals surface area contributed by atoms with Gasteiger partial charge in [0.2, 0.25) is 5.91 Å². The molecule has 1 aliphatic carbocycles. The molecule has 0 heterocycles. The molecule has 2 rings (SSSR count). The largest absolute Gasteiger partial charge is 0.481 e. The molecule has 0 bridgehead atoms. The molecule has 124 valence electrons. The summed E-state index contributed by atoms with van der Waals surface area (Å²) in [4.78, 5) is 24.6. The van der Waals surface area contributed by atoms with Crippen molar-refractivity contribution in [3.05, 3.63) is 48.6 Å². The van der Waals surface area contributed by atoms with Crippen LogP contribution in [0.2, 0.25) is 0 Å². The minimum absolute atomic E-state index is 0.0429. The van der Waals surface area contributed by atoms with Crippen molar-refractivity contribution in [3.8, 4) is 0 Å². The van der Waals surface area contributed by atoms with Gasteiger partial charge in [-0.3, -0.25) is 9.59 Å². The second kappa shape index (κ2) is 6.99. The van der Waals surface area contributed by atoms with Gasteiger partial charge in [0.25, 0.3) is 0 Å². The van der Waals surface area contributed by atoms with Crippen molar-refractivity contribution < 1.29 is 14.7 Å². The topological polar surface area (TPSA) is 66.4 Å². The zero-order valence-electron chi connectivity index (χ0n) is 13.7. The van der Waals surface area contributed by atoms with Gasteiger partial charge in [-0.2, -0.15) is 0 Å². The number of hydrogen-bond donors (Lipinski definition) is 2. The van der Waals surface area contributed by atoms with E-state index >= 15 is 0 Å². The molecule has 1 amide bonds. The van der Waals surface area contributed by atoms with E-state index in [4.69, 9.17) is 0 Å². The number of carbonyl (C=O) groups excluding carboxylic acids is 1. The maximum atomic E-state index is 12.6. The van der Waals surface area contributed by atoms with Gasteiger partial charge in [-0.25, -0.2) is 0 Å². The maximum Gasteiger partial charge on any atom is 0.315 e. The molecule has 23 heavy (non-hydrogen) atoms. The van der Waals surface area contributed by atoms with Crippen molar-refractivity contribution in [2.75, 3.05) is 6.54 Å². The van der Waals surface area contributed by atoms with Crippen LogP contribution in [0.1, 0.15) is 44.6 Å². The van der Waals surface area contributed by atoms with Crippen LogP contribution in [0.5, 0.6) is 0 Å². The van der Waals surface area contributed by atoms with Crippen molar-refractivity contribution >= 4 is 11.9 Å². The van der Waals surface area contributed by atoms with Crippen LogP contribution in [0.25, 0.3) is 0 Å². The van der Waals surface area contributed by atoms with Gasteiger partial charge in [0.15, 0.2) is 0 Å². The van der Waals surface area contributed by atoms with Crippen molar-refractivity contribution in [3.63, 3.8) is 0 Å². The first-order valence-corrected chi connectivity index (χ1v) is 8.19. The van der Waals surface area contributed by atoms with Crippen LogP contribution in [-0.4, -0.2) is 23.5 Å². The number of nitrogens with one attached hydrogen (secondary N) is 1. The van der Waals surface area contributed by atoms with Gasteiger partial charge >= 0.3 is 5.97 Å². The molecule has 2 N–H and O–H groups in total. The molecule has 1 aliphatic rings. The molecule has 0 radical (unpaired) electrons. The predicted octanol–water partition coefficient (Wildman–Crippen LogP) is 3.28. The lowest BCUT2D eigenvalue weighted by Gasteiger charge is -2.40. The Morgan fingerprint density at radius 1 is 1.35 bits per heavy atom. The average molecular weight is 315 g/mol. The van der Waals surface area contributed by atoms with Crippen LogP contribution in [0, 0.1) is 5.41 Å².